The van der Waals surface area contributed by atoms with Crippen LogP contribution < -0.4 is 10.2 Å². The van der Waals surface area contributed by atoms with Crippen molar-refractivity contribution in [3.63, 3.8) is 0 Å². The van der Waals surface area contributed by atoms with E-state index in [0.29, 0.717) is 13.1 Å². The predicted molar refractivity (Wildman–Crippen MR) is 90.2 cm³/mol. The molecule has 0 radical (unpaired) electrons. The molecule has 3 rings (SSSR count). The van der Waals surface area contributed by atoms with Crippen molar-refractivity contribution >= 4 is 17.4 Å². The summed E-state index contributed by atoms with van der Waals surface area (Å²) >= 11 is 0. The quantitative estimate of drug-likeness (QED) is 0.927. The van der Waals surface area contributed by atoms with Crippen molar-refractivity contribution in [3.05, 3.63) is 60.2 Å². The Labute approximate surface area is 139 Å². The van der Waals surface area contributed by atoms with Crippen LogP contribution in [-0.2, 0) is 0 Å². The summed E-state index contributed by atoms with van der Waals surface area (Å²) in [5.41, 5.74) is 1.24. The Morgan fingerprint density at radius 3 is 2.38 bits per heavy atom. The van der Waals surface area contributed by atoms with E-state index in [0.717, 1.165) is 30.4 Å². The summed E-state index contributed by atoms with van der Waals surface area (Å²) in [5.74, 6) is -1.43. The van der Waals surface area contributed by atoms with E-state index in [1.165, 1.54) is 0 Å². The summed E-state index contributed by atoms with van der Waals surface area (Å²) < 4.78 is 26.3. The first kappa shape index (κ1) is 16.2. The fourth-order valence-corrected chi connectivity index (χ4v) is 2.92. The van der Waals surface area contributed by atoms with Crippen molar-refractivity contribution in [2.24, 2.45) is 0 Å². The van der Waals surface area contributed by atoms with Gasteiger partial charge in [0.2, 0.25) is 0 Å². The van der Waals surface area contributed by atoms with Gasteiger partial charge in [-0.15, -0.1) is 0 Å². The van der Waals surface area contributed by atoms with Gasteiger partial charge in [-0.3, -0.25) is 0 Å². The van der Waals surface area contributed by atoms with E-state index in [1.807, 2.05) is 30.3 Å². The zero-order valence-corrected chi connectivity index (χ0v) is 13.4. The van der Waals surface area contributed by atoms with E-state index >= 15 is 0 Å². The van der Waals surface area contributed by atoms with Crippen LogP contribution in [0.3, 0.4) is 0 Å². The Kier molecular flexibility index (Phi) is 4.64. The van der Waals surface area contributed by atoms with Gasteiger partial charge in [-0.1, -0.05) is 18.2 Å². The van der Waals surface area contributed by atoms with Gasteiger partial charge in [0.15, 0.2) is 0 Å². The van der Waals surface area contributed by atoms with E-state index in [-0.39, 0.29) is 17.8 Å². The number of halogens is 2. The Bertz CT molecular complexity index is 697. The average molecular weight is 331 g/mol. The van der Waals surface area contributed by atoms with Crippen LogP contribution in [0.25, 0.3) is 0 Å². The molecule has 1 fully saturated rings. The van der Waals surface area contributed by atoms with Crippen LogP contribution in [-0.4, -0.2) is 36.6 Å². The summed E-state index contributed by atoms with van der Waals surface area (Å²) in [6.45, 7) is 4.07. The second-order valence-corrected chi connectivity index (χ2v) is 5.77. The number of rotatable bonds is 4. The lowest BCUT2D eigenvalue weighted by atomic mass is 10.1. The third kappa shape index (κ3) is 3.48. The number of para-hydroxylation sites is 1. The first-order chi connectivity index (χ1) is 11.6. The number of amides is 2. The Balaban J connectivity index is 1.58. The normalized spacial score (nSPS) is 14.2. The molecular weight excluding hydrogens is 312 g/mol. The van der Waals surface area contributed by atoms with E-state index in [1.54, 1.807) is 4.90 Å². The molecule has 0 saturated carbocycles. The molecule has 2 amide bonds. The highest BCUT2D eigenvalue weighted by Gasteiger charge is 2.34. The molecule has 4 nitrogen and oxygen atoms in total. The molecule has 2 aromatic carbocycles. The minimum absolute atomic E-state index is 0.122. The lowest BCUT2D eigenvalue weighted by molar-refractivity contribution is 0.161. The van der Waals surface area contributed by atoms with Gasteiger partial charge in [0.1, 0.15) is 11.6 Å². The van der Waals surface area contributed by atoms with E-state index in [2.05, 4.69) is 17.1 Å². The number of carbonyl (C=O) groups is 1. The molecule has 1 aliphatic rings. The number of benzene rings is 2. The van der Waals surface area contributed by atoms with Crippen molar-refractivity contribution in [1.29, 1.82) is 0 Å². The van der Waals surface area contributed by atoms with Gasteiger partial charge in [-0.05, 0) is 31.2 Å². The van der Waals surface area contributed by atoms with Crippen LogP contribution in [0.5, 0.6) is 0 Å². The SMILES string of the molecule is CCN(c1ccccc1)C1CN(C(=O)Nc2cc(F)cc(F)c2)C1. The molecule has 0 bridgehead atoms. The fraction of sp³-hybridized carbons (Fsp3) is 0.278. The van der Waals surface area contributed by atoms with Gasteiger partial charge in [-0.25, -0.2) is 13.6 Å². The third-order valence-electron chi connectivity index (χ3n) is 4.13. The highest BCUT2D eigenvalue weighted by molar-refractivity contribution is 5.90. The predicted octanol–water partition coefficient (Wildman–Crippen LogP) is 3.71. The molecule has 6 heteroatoms. The maximum atomic E-state index is 13.2. The molecule has 1 heterocycles. The summed E-state index contributed by atoms with van der Waals surface area (Å²) in [6.07, 6.45) is 0. The van der Waals surface area contributed by atoms with Gasteiger partial charge >= 0.3 is 6.03 Å². The highest BCUT2D eigenvalue weighted by atomic mass is 19.1. The zero-order valence-electron chi connectivity index (χ0n) is 13.4. The van der Waals surface area contributed by atoms with Crippen LogP contribution in [0.2, 0.25) is 0 Å². The lowest BCUT2D eigenvalue weighted by Gasteiger charge is -2.46. The minimum atomic E-state index is -0.715. The number of nitrogens with zero attached hydrogens (tertiary/aromatic N) is 2. The number of likely N-dealkylation sites (tertiary alicyclic amines) is 1. The van der Waals surface area contributed by atoms with Crippen LogP contribution in [0.4, 0.5) is 25.0 Å². The summed E-state index contributed by atoms with van der Waals surface area (Å²) in [4.78, 5) is 16.0. The maximum Gasteiger partial charge on any atom is 0.321 e. The molecule has 2 aromatic rings. The minimum Gasteiger partial charge on any atom is -0.365 e. The number of hydrogen-bond donors (Lipinski definition) is 1. The van der Waals surface area contributed by atoms with Gasteiger partial charge in [-0.2, -0.15) is 0 Å². The Morgan fingerprint density at radius 1 is 1.17 bits per heavy atom. The molecule has 0 unspecified atom stereocenters. The van der Waals surface area contributed by atoms with E-state index < -0.39 is 11.6 Å². The third-order valence-corrected chi connectivity index (χ3v) is 4.13. The topological polar surface area (TPSA) is 35.6 Å². The summed E-state index contributed by atoms with van der Waals surface area (Å²) in [7, 11) is 0. The van der Waals surface area contributed by atoms with Crippen molar-refractivity contribution in [1.82, 2.24) is 4.90 Å². The maximum absolute atomic E-state index is 13.2. The van der Waals surface area contributed by atoms with Crippen LogP contribution in [0.15, 0.2) is 48.5 Å². The second kappa shape index (κ2) is 6.86. The highest BCUT2D eigenvalue weighted by Crippen LogP contribution is 2.23. The summed E-state index contributed by atoms with van der Waals surface area (Å²) in [5, 5.41) is 2.53. The number of hydrogen-bond acceptors (Lipinski definition) is 2. The number of likely N-dealkylation sites (N-methyl/N-ethyl adjacent to an activating group) is 1. The number of carbonyl (C=O) groups excluding carboxylic acids is 1. The molecule has 0 aliphatic carbocycles. The number of urea groups is 1. The van der Waals surface area contributed by atoms with Gasteiger partial charge < -0.3 is 15.1 Å². The van der Waals surface area contributed by atoms with Crippen molar-refractivity contribution in [3.8, 4) is 0 Å². The molecule has 0 spiro atoms. The van der Waals surface area contributed by atoms with Gasteiger partial charge in [0.05, 0.1) is 6.04 Å². The van der Waals surface area contributed by atoms with Gasteiger partial charge in [0, 0.05) is 37.1 Å². The molecule has 1 saturated heterocycles. The standard InChI is InChI=1S/C18H19F2N3O/c1-2-23(16-6-4-3-5-7-16)17-11-22(12-17)18(24)21-15-9-13(19)8-14(20)10-15/h3-10,17H,2,11-12H2,1H3,(H,21,24). The molecule has 126 valence electrons. The van der Waals surface area contributed by atoms with E-state index in [4.69, 9.17) is 0 Å². The molecule has 1 N–H and O–H groups in total. The monoisotopic (exact) mass is 331 g/mol. The summed E-state index contributed by atoms with van der Waals surface area (Å²) in [6, 6.07) is 12.9. The van der Waals surface area contributed by atoms with Crippen LogP contribution >= 0.6 is 0 Å². The average Bonchev–Trinajstić information content (AvgIpc) is 2.50. The van der Waals surface area contributed by atoms with Crippen LogP contribution in [0.1, 0.15) is 6.92 Å². The molecule has 24 heavy (non-hydrogen) atoms. The number of nitrogens with one attached hydrogen (secondary N) is 1. The largest absolute Gasteiger partial charge is 0.365 e. The number of anilines is 2. The Morgan fingerprint density at radius 2 is 1.79 bits per heavy atom. The molecule has 1 aliphatic heterocycles. The molecule has 0 atom stereocenters. The first-order valence-electron chi connectivity index (χ1n) is 7.90. The molecular formula is C18H19F2N3O. The smallest absolute Gasteiger partial charge is 0.321 e. The van der Waals surface area contributed by atoms with Gasteiger partial charge in [0.25, 0.3) is 0 Å². The van der Waals surface area contributed by atoms with E-state index in [9.17, 15) is 13.6 Å². The zero-order chi connectivity index (χ0) is 17.1. The van der Waals surface area contributed by atoms with Crippen molar-refractivity contribution in [2.75, 3.05) is 29.9 Å². The fourth-order valence-electron chi connectivity index (χ4n) is 2.92. The van der Waals surface area contributed by atoms with Crippen molar-refractivity contribution < 1.29 is 13.6 Å². The molecule has 0 aromatic heterocycles. The second-order valence-electron chi connectivity index (χ2n) is 5.77. The Hall–Kier alpha value is -2.63. The van der Waals surface area contributed by atoms with Crippen molar-refractivity contribution in [2.45, 2.75) is 13.0 Å². The lowest BCUT2D eigenvalue weighted by Crippen LogP contribution is -2.62. The van der Waals surface area contributed by atoms with Crippen LogP contribution in [0, 0.1) is 11.6 Å². The first-order valence-corrected chi connectivity index (χ1v) is 7.90.